The largest absolute Gasteiger partial charge is 0.493 e. The zero-order chi connectivity index (χ0) is 13.2. The Kier molecular flexibility index (Phi) is 3.07. The van der Waals surface area contributed by atoms with Gasteiger partial charge in [0.2, 0.25) is 0 Å². The van der Waals surface area contributed by atoms with Crippen LogP contribution in [-0.4, -0.2) is 21.9 Å². The second-order valence-corrected chi connectivity index (χ2v) is 4.89. The number of fused-ring (bicyclic) bond motifs is 1. The standard InChI is InChI=1S/C15H16N2O2/c1-17-9-13(16-10-17)14(18)4-2-11-3-5-15-12(8-11)6-7-19-15/h3,5,8-10H,2,4,6-7H2,1H3. The molecule has 0 saturated heterocycles. The van der Waals surface area contributed by atoms with E-state index in [1.54, 1.807) is 17.1 Å². The Balaban J connectivity index is 1.64. The molecule has 1 aromatic carbocycles. The van der Waals surface area contributed by atoms with E-state index in [9.17, 15) is 4.79 Å². The predicted octanol–water partition coefficient (Wildman–Crippen LogP) is 2.17. The molecule has 0 unspecified atom stereocenters. The number of carbonyl (C=O) groups excluding carboxylic acids is 1. The topological polar surface area (TPSA) is 44.1 Å². The zero-order valence-corrected chi connectivity index (χ0v) is 10.9. The lowest BCUT2D eigenvalue weighted by atomic mass is 10.0. The van der Waals surface area contributed by atoms with Crippen LogP contribution in [-0.2, 0) is 19.9 Å². The van der Waals surface area contributed by atoms with Crippen LogP contribution >= 0.6 is 0 Å². The lowest BCUT2D eigenvalue weighted by molar-refractivity contribution is 0.0978. The van der Waals surface area contributed by atoms with Crippen molar-refractivity contribution in [1.29, 1.82) is 0 Å². The predicted molar refractivity (Wildman–Crippen MR) is 71.5 cm³/mol. The van der Waals surface area contributed by atoms with Crippen molar-refractivity contribution in [1.82, 2.24) is 9.55 Å². The summed E-state index contributed by atoms with van der Waals surface area (Å²) in [4.78, 5) is 16.0. The number of imidazole rings is 1. The van der Waals surface area contributed by atoms with E-state index in [-0.39, 0.29) is 5.78 Å². The van der Waals surface area contributed by atoms with Gasteiger partial charge in [-0.3, -0.25) is 4.79 Å². The molecule has 2 heterocycles. The molecule has 0 amide bonds. The van der Waals surface area contributed by atoms with Crippen molar-refractivity contribution >= 4 is 5.78 Å². The van der Waals surface area contributed by atoms with Gasteiger partial charge in [-0.2, -0.15) is 0 Å². The first-order valence-corrected chi connectivity index (χ1v) is 6.48. The molecule has 0 fully saturated rings. The van der Waals surface area contributed by atoms with Gasteiger partial charge in [0.05, 0.1) is 12.9 Å². The van der Waals surface area contributed by atoms with Crippen molar-refractivity contribution in [2.45, 2.75) is 19.3 Å². The Morgan fingerprint density at radius 3 is 3.16 bits per heavy atom. The zero-order valence-electron chi connectivity index (χ0n) is 10.9. The van der Waals surface area contributed by atoms with Gasteiger partial charge in [-0.05, 0) is 23.6 Å². The van der Waals surface area contributed by atoms with Crippen molar-refractivity contribution in [3.8, 4) is 5.75 Å². The second-order valence-electron chi connectivity index (χ2n) is 4.89. The van der Waals surface area contributed by atoms with Crippen LogP contribution in [0.5, 0.6) is 5.75 Å². The van der Waals surface area contributed by atoms with E-state index < -0.39 is 0 Å². The maximum absolute atomic E-state index is 12.0. The van der Waals surface area contributed by atoms with E-state index in [1.165, 1.54) is 11.1 Å². The number of benzene rings is 1. The summed E-state index contributed by atoms with van der Waals surface area (Å²) in [7, 11) is 1.87. The number of aromatic nitrogens is 2. The summed E-state index contributed by atoms with van der Waals surface area (Å²) < 4.78 is 7.26. The number of hydrogen-bond donors (Lipinski definition) is 0. The summed E-state index contributed by atoms with van der Waals surface area (Å²) in [5.74, 6) is 1.08. The second kappa shape index (κ2) is 4.88. The van der Waals surface area contributed by atoms with E-state index >= 15 is 0 Å². The Morgan fingerprint density at radius 1 is 1.47 bits per heavy atom. The fourth-order valence-corrected chi connectivity index (χ4v) is 2.34. The molecule has 4 nitrogen and oxygen atoms in total. The Morgan fingerprint density at radius 2 is 2.37 bits per heavy atom. The molecule has 4 heteroatoms. The van der Waals surface area contributed by atoms with Crippen LogP contribution in [0.1, 0.15) is 28.0 Å². The molecular weight excluding hydrogens is 240 g/mol. The Bertz CT molecular complexity index is 616. The minimum absolute atomic E-state index is 0.0948. The SMILES string of the molecule is Cn1cnc(C(=O)CCc2ccc3c(c2)CCO3)c1. The van der Waals surface area contributed by atoms with Gasteiger partial charge in [0.1, 0.15) is 11.4 Å². The molecule has 1 aliphatic heterocycles. The fraction of sp³-hybridized carbons (Fsp3) is 0.333. The maximum Gasteiger partial charge on any atom is 0.183 e. The van der Waals surface area contributed by atoms with Crippen LogP contribution in [0.2, 0.25) is 0 Å². The average Bonchev–Trinajstić information content (AvgIpc) is 3.03. The molecule has 0 aliphatic carbocycles. The van der Waals surface area contributed by atoms with E-state index in [1.807, 2.05) is 19.2 Å². The number of ketones is 1. The minimum Gasteiger partial charge on any atom is -0.493 e. The van der Waals surface area contributed by atoms with Gasteiger partial charge in [0, 0.05) is 26.1 Å². The Hall–Kier alpha value is -2.10. The molecule has 0 spiro atoms. The first-order chi connectivity index (χ1) is 9.22. The van der Waals surface area contributed by atoms with Crippen LogP contribution in [0.25, 0.3) is 0 Å². The van der Waals surface area contributed by atoms with Crippen molar-refractivity contribution in [3.05, 3.63) is 47.5 Å². The van der Waals surface area contributed by atoms with Gasteiger partial charge < -0.3 is 9.30 Å². The van der Waals surface area contributed by atoms with Crippen LogP contribution in [0.4, 0.5) is 0 Å². The van der Waals surface area contributed by atoms with Gasteiger partial charge in [-0.15, -0.1) is 0 Å². The molecule has 0 N–H and O–H groups in total. The van der Waals surface area contributed by atoms with E-state index in [2.05, 4.69) is 11.1 Å². The maximum atomic E-state index is 12.0. The molecular formula is C15H16N2O2. The third-order valence-corrected chi connectivity index (χ3v) is 3.39. The van der Waals surface area contributed by atoms with Gasteiger partial charge in [-0.1, -0.05) is 12.1 Å². The first-order valence-electron chi connectivity index (χ1n) is 6.48. The number of nitrogens with zero attached hydrogens (tertiary/aromatic N) is 2. The summed E-state index contributed by atoms with van der Waals surface area (Å²) in [5.41, 5.74) is 2.99. The number of aryl methyl sites for hydroxylation is 2. The third kappa shape index (κ3) is 2.52. The first kappa shape index (κ1) is 12.0. The van der Waals surface area contributed by atoms with Gasteiger partial charge >= 0.3 is 0 Å². The van der Waals surface area contributed by atoms with Gasteiger partial charge in [0.15, 0.2) is 5.78 Å². The van der Waals surface area contributed by atoms with Crippen LogP contribution < -0.4 is 4.74 Å². The van der Waals surface area contributed by atoms with Crippen LogP contribution in [0.3, 0.4) is 0 Å². The number of Topliss-reactive ketones (excluding diaryl/α,β-unsaturated/α-hetero) is 1. The number of ether oxygens (including phenoxy) is 1. The summed E-state index contributed by atoms with van der Waals surface area (Å²) in [6.07, 6.45) is 5.63. The molecule has 0 atom stereocenters. The normalized spacial score (nSPS) is 13.1. The highest BCUT2D eigenvalue weighted by atomic mass is 16.5. The van der Waals surface area contributed by atoms with Crippen molar-refractivity contribution in [2.75, 3.05) is 6.61 Å². The highest BCUT2D eigenvalue weighted by Gasteiger charge is 2.13. The van der Waals surface area contributed by atoms with E-state index in [0.29, 0.717) is 12.1 Å². The fourth-order valence-electron chi connectivity index (χ4n) is 2.34. The van der Waals surface area contributed by atoms with Crippen molar-refractivity contribution < 1.29 is 9.53 Å². The average molecular weight is 256 g/mol. The monoisotopic (exact) mass is 256 g/mol. The Labute approximate surface area is 112 Å². The van der Waals surface area contributed by atoms with E-state index in [0.717, 1.165) is 25.2 Å². The molecule has 98 valence electrons. The van der Waals surface area contributed by atoms with Crippen LogP contribution in [0.15, 0.2) is 30.7 Å². The molecule has 3 rings (SSSR count). The highest BCUT2D eigenvalue weighted by molar-refractivity contribution is 5.94. The summed E-state index contributed by atoms with van der Waals surface area (Å²) in [6.45, 7) is 0.769. The quantitative estimate of drug-likeness (QED) is 0.787. The van der Waals surface area contributed by atoms with Gasteiger partial charge in [0.25, 0.3) is 0 Å². The molecule has 19 heavy (non-hydrogen) atoms. The molecule has 2 aromatic rings. The van der Waals surface area contributed by atoms with Crippen LogP contribution in [0, 0.1) is 0 Å². The van der Waals surface area contributed by atoms with Crippen molar-refractivity contribution in [2.24, 2.45) is 7.05 Å². The lowest BCUT2D eigenvalue weighted by Crippen LogP contribution is -2.01. The molecule has 0 saturated carbocycles. The molecule has 1 aliphatic rings. The minimum atomic E-state index is 0.0948. The highest BCUT2D eigenvalue weighted by Crippen LogP contribution is 2.26. The number of rotatable bonds is 4. The third-order valence-electron chi connectivity index (χ3n) is 3.39. The summed E-state index contributed by atoms with van der Waals surface area (Å²) >= 11 is 0. The summed E-state index contributed by atoms with van der Waals surface area (Å²) in [5, 5.41) is 0. The van der Waals surface area contributed by atoms with E-state index in [4.69, 9.17) is 4.74 Å². The van der Waals surface area contributed by atoms with Gasteiger partial charge in [-0.25, -0.2) is 4.98 Å². The lowest BCUT2D eigenvalue weighted by Gasteiger charge is -2.03. The van der Waals surface area contributed by atoms with Crippen molar-refractivity contribution in [3.63, 3.8) is 0 Å². The molecule has 1 aromatic heterocycles. The smallest absolute Gasteiger partial charge is 0.183 e. The number of carbonyl (C=O) groups is 1. The summed E-state index contributed by atoms with van der Waals surface area (Å²) in [6, 6.07) is 6.19. The molecule has 0 radical (unpaired) electrons. The number of hydrogen-bond acceptors (Lipinski definition) is 3. The molecule has 0 bridgehead atoms.